The predicted octanol–water partition coefficient (Wildman–Crippen LogP) is 3.30. The lowest BCUT2D eigenvalue weighted by atomic mass is 9.94. The second kappa shape index (κ2) is 7.25. The highest BCUT2D eigenvalue weighted by atomic mass is 16.5. The minimum atomic E-state index is -0.450. The first-order valence-corrected chi connectivity index (χ1v) is 9.40. The minimum absolute atomic E-state index is 0.120. The lowest BCUT2D eigenvalue weighted by molar-refractivity contribution is 0.0677. The molecule has 1 aliphatic rings. The summed E-state index contributed by atoms with van der Waals surface area (Å²) in [6.45, 7) is 4.55. The molecule has 1 aromatic heterocycles. The maximum Gasteiger partial charge on any atom is 0.273 e. The van der Waals surface area contributed by atoms with Crippen molar-refractivity contribution >= 4 is 5.91 Å². The highest BCUT2D eigenvalue weighted by molar-refractivity contribution is 6.00. The van der Waals surface area contributed by atoms with Gasteiger partial charge in [0.15, 0.2) is 0 Å². The maximum atomic E-state index is 13.1. The third-order valence-electron chi connectivity index (χ3n) is 5.29. The molecule has 2 heterocycles. The summed E-state index contributed by atoms with van der Waals surface area (Å²) in [4.78, 5) is 14.8. The Balaban J connectivity index is 1.92. The molecular weight excluding hydrogens is 370 g/mol. The molecule has 0 saturated carbocycles. The number of nitrogens with zero attached hydrogens (tertiary/aromatic N) is 2. The van der Waals surface area contributed by atoms with Crippen LogP contribution in [0.25, 0.3) is 11.3 Å². The minimum Gasteiger partial charge on any atom is -0.508 e. The molecule has 0 bridgehead atoms. The molecule has 150 valence electrons. The molecule has 2 aromatic carbocycles. The first-order valence-electron chi connectivity index (χ1n) is 9.40. The fourth-order valence-electron chi connectivity index (χ4n) is 4.00. The number of phenolic OH excluding ortho intramolecular Hbond substituents is 2. The number of nitrogens with one attached hydrogen (secondary N) is 1. The molecule has 7 heteroatoms. The van der Waals surface area contributed by atoms with Crippen LogP contribution in [0.3, 0.4) is 0 Å². The van der Waals surface area contributed by atoms with Gasteiger partial charge in [0.2, 0.25) is 0 Å². The fourth-order valence-corrected chi connectivity index (χ4v) is 4.00. The average Bonchev–Trinajstić information content (AvgIpc) is 3.22. The van der Waals surface area contributed by atoms with E-state index in [1.807, 2.05) is 32.0 Å². The Morgan fingerprint density at radius 3 is 2.72 bits per heavy atom. The topological polar surface area (TPSA) is 98.7 Å². The van der Waals surface area contributed by atoms with Crippen LogP contribution in [0.1, 0.15) is 38.8 Å². The molecule has 4 rings (SSSR count). The van der Waals surface area contributed by atoms with Gasteiger partial charge in [-0.3, -0.25) is 9.89 Å². The zero-order chi connectivity index (χ0) is 20.7. The Morgan fingerprint density at radius 1 is 1.21 bits per heavy atom. The summed E-state index contributed by atoms with van der Waals surface area (Å²) >= 11 is 0. The number of fused-ring (bicyclic) bond motifs is 1. The number of carbonyl (C=O) groups excluding carboxylic acids is 1. The molecule has 3 aromatic rings. The van der Waals surface area contributed by atoms with Crippen LogP contribution in [0.5, 0.6) is 11.5 Å². The number of phenols is 2. The van der Waals surface area contributed by atoms with Gasteiger partial charge in [-0.25, -0.2) is 0 Å². The molecule has 3 N–H and O–H groups in total. The van der Waals surface area contributed by atoms with Gasteiger partial charge in [0.25, 0.3) is 5.91 Å². The van der Waals surface area contributed by atoms with Gasteiger partial charge in [-0.05, 0) is 48.7 Å². The van der Waals surface area contributed by atoms with E-state index in [0.717, 1.165) is 16.7 Å². The van der Waals surface area contributed by atoms with Gasteiger partial charge in [-0.2, -0.15) is 5.10 Å². The van der Waals surface area contributed by atoms with Gasteiger partial charge < -0.3 is 19.8 Å². The predicted molar refractivity (Wildman–Crippen MR) is 108 cm³/mol. The van der Waals surface area contributed by atoms with Crippen molar-refractivity contribution in [1.82, 2.24) is 15.1 Å². The van der Waals surface area contributed by atoms with E-state index in [-0.39, 0.29) is 17.4 Å². The molecule has 0 radical (unpaired) electrons. The fraction of sp³-hybridized carbons (Fsp3) is 0.273. The van der Waals surface area contributed by atoms with Crippen LogP contribution in [0.15, 0.2) is 36.4 Å². The lowest BCUT2D eigenvalue weighted by Gasteiger charge is -2.26. The van der Waals surface area contributed by atoms with E-state index < -0.39 is 6.04 Å². The number of benzene rings is 2. The Bertz CT molecular complexity index is 1090. The van der Waals surface area contributed by atoms with Crippen LogP contribution in [-0.2, 0) is 4.74 Å². The number of aromatic nitrogens is 2. The number of amides is 1. The molecule has 29 heavy (non-hydrogen) atoms. The summed E-state index contributed by atoms with van der Waals surface area (Å²) in [5.74, 6) is 0.0738. The molecule has 7 nitrogen and oxygen atoms in total. The number of aryl methyl sites for hydroxylation is 2. The van der Waals surface area contributed by atoms with Crippen molar-refractivity contribution in [2.24, 2.45) is 0 Å². The van der Waals surface area contributed by atoms with E-state index in [1.165, 1.54) is 0 Å². The molecule has 0 saturated heterocycles. The Morgan fingerprint density at radius 2 is 2.00 bits per heavy atom. The van der Waals surface area contributed by atoms with E-state index >= 15 is 0 Å². The van der Waals surface area contributed by atoms with E-state index in [9.17, 15) is 15.0 Å². The van der Waals surface area contributed by atoms with Crippen molar-refractivity contribution in [2.45, 2.75) is 19.9 Å². The van der Waals surface area contributed by atoms with Crippen LogP contribution in [0.4, 0.5) is 0 Å². The van der Waals surface area contributed by atoms with Crippen LogP contribution < -0.4 is 0 Å². The summed E-state index contributed by atoms with van der Waals surface area (Å²) in [7, 11) is 1.59. The number of carbonyl (C=O) groups is 1. The van der Waals surface area contributed by atoms with Gasteiger partial charge in [-0.15, -0.1) is 0 Å². The van der Waals surface area contributed by atoms with Gasteiger partial charge in [0, 0.05) is 24.8 Å². The van der Waals surface area contributed by atoms with Crippen LogP contribution >= 0.6 is 0 Å². The zero-order valence-corrected chi connectivity index (χ0v) is 16.6. The highest BCUT2D eigenvalue weighted by Gasteiger charge is 2.42. The Kier molecular flexibility index (Phi) is 4.76. The van der Waals surface area contributed by atoms with E-state index in [2.05, 4.69) is 10.2 Å². The first-order chi connectivity index (χ1) is 13.9. The van der Waals surface area contributed by atoms with Crippen LogP contribution in [-0.4, -0.2) is 51.5 Å². The maximum absolute atomic E-state index is 13.1. The average molecular weight is 393 g/mol. The van der Waals surface area contributed by atoms with Crippen molar-refractivity contribution < 1.29 is 19.7 Å². The number of ether oxygens (including phenoxy) is 1. The van der Waals surface area contributed by atoms with E-state index in [4.69, 9.17) is 4.74 Å². The highest BCUT2D eigenvalue weighted by Crippen LogP contribution is 2.45. The summed E-state index contributed by atoms with van der Waals surface area (Å²) in [5.41, 5.74) is 4.69. The normalized spacial score (nSPS) is 15.8. The number of hydrogen-bond acceptors (Lipinski definition) is 5. The molecule has 0 aliphatic carbocycles. The number of hydrogen-bond donors (Lipinski definition) is 3. The first kappa shape index (κ1) is 19.0. The van der Waals surface area contributed by atoms with Crippen molar-refractivity contribution in [3.05, 3.63) is 64.3 Å². The number of H-pyrrole nitrogens is 1. The van der Waals surface area contributed by atoms with E-state index in [0.29, 0.717) is 35.7 Å². The molecule has 1 atom stereocenters. The summed E-state index contributed by atoms with van der Waals surface area (Å²) < 4.78 is 5.19. The third kappa shape index (κ3) is 3.13. The second-order valence-corrected chi connectivity index (χ2v) is 7.33. The van der Waals surface area contributed by atoms with E-state index in [1.54, 1.807) is 30.2 Å². The summed E-state index contributed by atoms with van der Waals surface area (Å²) in [6, 6.07) is 10.2. The molecule has 0 unspecified atom stereocenters. The van der Waals surface area contributed by atoms with Crippen molar-refractivity contribution in [3.63, 3.8) is 0 Å². The van der Waals surface area contributed by atoms with Gasteiger partial charge in [-0.1, -0.05) is 18.2 Å². The Labute approximate surface area is 168 Å². The van der Waals surface area contributed by atoms with Crippen molar-refractivity contribution in [1.29, 1.82) is 0 Å². The van der Waals surface area contributed by atoms with Gasteiger partial charge in [0.05, 0.1) is 12.6 Å². The van der Waals surface area contributed by atoms with Gasteiger partial charge >= 0.3 is 0 Å². The standard InChI is InChI=1S/C22H23N3O4/c1-12-9-13(2)21(27)16(10-12)18-17-19(24-23-18)22(28)25(7-8-29-3)20(17)14-5-4-6-15(26)11-14/h4-6,9-11,20,26-27H,7-8H2,1-3H3,(H,23,24)/t20-/m1/s1. The lowest BCUT2D eigenvalue weighted by Crippen LogP contribution is -2.32. The molecule has 0 fully saturated rings. The summed E-state index contributed by atoms with van der Waals surface area (Å²) in [6.07, 6.45) is 0. The quantitative estimate of drug-likeness (QED) is 0.618. The largest absolute Gasteiger partial charge is 0.508 e. The van der Waals surface area contributed by atoms with Crippen molar-refractivity contribution in [3.8, 4) is 22.8 Å². The SMILES string of the molecule is COCCN1C(=O)c2[nH]nc(-c3cc(C)cc(C)c3O)c2[C@H]1c1cccc(O)c1. The number of aromatic hydroxyl groups is 2. The third-order valence-corrected chi connectivity index (χ3v) is 5.29. The van der Waals surface area contributed by atoms with Crippen LogP contribution in [0.2, 0.25) is 0 Å². The Hall–Kier alpha value is -3.32. The number of methoxy groups -OCH3 is 1. The molecule has 1 amide bonds. The second-order valence-electron chi connectivity index (χ2n) is 7.33. The van der Waals surface area contributed by atoms with Crippen molar-refractivity contribution in [2.75, 3.05) is 20.3 Å². The molecular formula is C22H23N3O4. The molecule has 1 aliphatic heterocycles. The monoisotopic (exact) mass is 393 g/mol. The number of rotatable bonds is 5. The smallest absolute Gasteiger partial charge is 0.273 e. The van der Waals surface area contributed by atoms with Gasteiger partial charge in [0.1, 0.15) is 22.9 Å². The summed E-state index contributed by atoms with van der Waals surface area (Å²) in [5, 5.41) is 28.0. The molecule has 0 spiro atoms. The number of aromatic amines is 1. The van der Waals surface area contributed by atoms with Crippen LogP contribution in [0, 0.1) is 13.8 Å². The zero-order valence-electron chi connectivity index (χ0n) is 16.6.